The number of sulfonamides is 1. The average Bonchev–Trinajstić information content (AvgIpc) is 2.85. The molecule has 0 fully saturated rings. The Bertz CT molecular complexity index is 986. The molecule has 0 amide bonds. The molecule has 0 aliphatic heterocycles. The summed E-state index contributed by atoms with van der Waals surface area (Å²) >= 11 is 5.91. The topological polar surface area (TPSA) is 64.0 Å². The van der Waals surface area contributed by atoms with E-state index in [2.05, 4.69) is 9.71 Å². The number of aromatic nitrogens is 2. The van der Waals surface area contributed by atoms with Crippen molar-refractivity contribution in [2.24, 2.45) is 7.05 Å². The lowest BCUT2D eigenvalue weighted by molar-refractivity contribution is 0.581. The molecule has 5 nitrogen and oxygen atoms in total. The number of halogens is 2. The van der Waals surface area contributed by atoms with Gasteiger partial charge in [-0.25, -0.2) is 22.5 Å². The molecule has 120 valence electrons. The third kappa shape index (κ3) is 3.08. The van der Waals surface area contributed by atoms with Crippen LogP contribution in [-0.2, 0) is 23.6 Å². The van der Waals surface area contributed by atoms with Crippen LogP contribution in [0.15, 0.2) is 47.6 Å². The first-order valence-electron chi connectivity index (χ1n) is 6.72. The first-order chi connectivity index (χ1) is 10.9. The molecule has 23 heavy (non-hydrogen) atoms. The number of rotatable bonds is 4. The monoisotopic (exact) mass is 353 g/mol. The SMILES string of the molecule is Cn1cc(S(=O)(=O)NCc2ccc(F)cc2Cl)c2cccnc21. The molecule has 1 aromatic carbocycles. The zero-order valence-corrected chi connectivity index (χ0v) is 13.7. The molecule has 0 radical (unpaired) electrons. The maximum Gasteiger partial charge on any atom is 0.243 e. The standard InChI is InChI=1S/C15H13ClFN3O2S/c1-20-9-14(12-3-2-6-18-15(12)20)23(21,22)19-8-10-4-5-11(17)7-13(10)16/h2-7,9,19H,8H2,1H3. The highest BCUT2D eigenvalue weighted by Gasteiger charge is 2.20. The van der Waals surface area contributed by atoms with E-state index in [1.54, 1.807) is 29.9 Å². The van der Waals surface area contributed by atoms with Gasteiger partial charge in [0.05, 0.1) is 0 Å². The summed E-state index contributed by atoms with van der Waals surface area (Å²) in [6, 6.07) is 7.20. The predicted molar refractivity (Wildman–Crippen MR) is 86.1 cm³/mol. The van der Waals surface area contributed by atoms with Gasteiger partial charge in [0, 0.05) is 36.4 Å². The van der Waals surface area contributed by atoms with Crippen LogP contribution in [0.5, 0.6) is 0 Å². The third-order valence-electron chi connectivity index (χ3n) is 3.45. The fourth-order valence-electron chi connectivity index (χ4n) is 2.31. The Labute approximate surface area is 137 Å². The summed E-state index contributed by atoms with van der Waals surface area (Å²) in [5, 5.41) is 0.708. The number of benzene rings is 1. The van der Waals surface area contributed by atoms with Crippen LogP contribution in [0.25, 0.3) is 11.0 Å². The third-order valence-corrected chi connectivity index (χ3v) is 5.23. The molecule has 0 unspecified atom stereocenters. The number of nitrogens with zero attached hydrogens (tertiary/aromatic N) is 2. The second-order valence-corrected chi connectivity index (χ2v) is 7.18. The lowest BCUT2D eigenvalue weighted by Crippen LogP contribution is -2.23. The number of pyridine rings is 1. The lowest BCUT2D eigenvalue weighted by atomic mass is 10.2. The molecule has 0 bridgehead atoms. The number of nitrogens with one attached hydrogen (secondary N) is 1. The van der Waals surface area contributed by atoms with Gasteiger partial charge >= 0.3 is 0 Å². The Balaban J connectivity index is 1.92. The van der Waals surface area contributed by atoms with Gasteiger partial charge in [0.2, 0.25) is 10.0 Å². The van der Waals surface area contributed by atoms with Crippen LogP contribution in [0.2, 0.25) is 5.02 Å². The van der Waals surface area contributed by atoms with Gasteiger partial charge in [0.15, 0.2) is 0 Å². The summed E-state index contributed by atoms with van der Waals surface area (Å²) in [7, 11) is -2.03. The second kappa shape index (κ2) is 5.92. The van der Waals surface area contributed by atoms with Gasteiger partial charge in [-0.05, 0) is 29.8 Å². The van der Waals surface area contributed by atoms with Crippen molar-refractivity contribution in [2.75, 3.05) is 0 Å². The average molecular weight is 354 g/mol. The van der Waals surface area contributed by atoms with Crippen molar-refractivity contribution in [3.05, 3.63) is 59.1 Å². The molecule has 0 aliphatic rings. The van der Waals surface area contributed by atoms with Crippen LogP contribution in [0.1, 0.15) is 5.56 Å². The fourth-order valence-corrected chi connectivity index (χ4v) is 3.79. The molecule has 1 N–H and O–H groups in total. The molecule has 3 rings (SSSR count). The van der Waals surface area contributed by atoms with Crippen molar-refractivity contribution in [2.45, 2.75) is 11.4 Å². The van der Waals surface area contributed by atoms with E-state index in [0.29, 0.717) is 16.6 Å². The van der Waals surface area contributed by atoms with E-state index < -0.39 is 15.8 Å². The largest absolute Gasteiger partial charge is 0.334 e. The first-order valence-corrected chi connectivity index (χ1v) is 8.58. The van der Waals surface area contributed by atoms with E-state index in [-0.39, 0.29) is 16.5 Å². The number of hydrogen-bond acceptors (Lipinski definition) is 3. The summed E-state index contributed by atoms with van der Waals surface area (Å²) in [6.07, 6.45) is 3.11. The maximum absolute atomic E-state index is 13.0. The van der Waals surface area contributed by atoms with Gasteiger partial charge in [-0.15, -0.1) is 0 Å². The quantitative estimate of drug-likeness (QED) is 0.784. The minimum absolute atomic E-state index is 0.0297. The predicted octanol–water partition coefficient (Wildman–Crippen LogP) is 2.84. The maximum atomic E-state index is 13.0. The number of aryl methyl sites for hydroxylation is 1. The summed E-state index contributed by atoms with van der Waals surface area (Å²) in [4.78, 5) is 4.31. The summed E-state index contributed by atoms with van der Waals surface area (Å²) < 4.78 is 42.2. The van der Waals surface area contributed by atoms with E-state index in [1.807, 2.05) is 0 Å². The molecule has 0 aliphatic carbocycles. The minimum Gasteiger partial charge on any atom is -0.334 e. The van der Waals surface area contributed by atoms with Crippen molar-refractivity contribution in [3.63, 3.8) is 0 Å². The Hall–Kier alpha value is -1.96. The van der Waals surface area contributed by atoms with Gasteiger partial charge < -0.3 is 4.57 Å². The van der Waals surface area contributed by atoms with E-state index in [9.17, 15) is 12.8 Å². The fraction of sp³-hybridized carbons (Fsp3) is 0.133. The zero-order chi connectivity index (χ0) is 16.6. The van der Waals surface area contributed by atoms with Crippen LogP contribution < -0.4 is 4.72 Å². The van der Waals surface area contributed by atoms with E-state index in [0.717, 1.165) is 6.07 Å². The van der Waals surface area contributed by atoms with Crippen LogP contribution in [0, 0.1) is 5.82 Å². The van der Waals surface area contributed by atoms with Crippen molar-refractivity contribution in [1.82, 2.24) is 14.3 Å². The molecule has 0 saturated carbocycles. The molecular weight excluding hydrogens is 341 g/mol. The van der Waals surface area contributed by atoms with E-state index >= 15 is 0 Å². The Morgan fingerprint density at radius 3 is 2.87 bits per heavy atom. The van der Waals surface area contributed by atoms with Crippen LogP contribution in [0.4, 0.5) is 4.39 Å². The molecule has 0 atom stereocenters. The normalized spacial score (nSPS) is 12.0. The molecule has 0 spiro atoms. The summed E-state index contributed by atoms with van der Waals surface area (Å²) in [6.45, 7) is -0.0297. The zero-order valence-electron chi connectivity index (χ0n) is 12.1. The highest BCUT2D eigenvalue weighted by atomic mass is 35.5. The number of fused-ring (bicyclic) bond motifs is 1. The molecule has 8 heteroatoms. The Kier molecular flexibility index (Phi) is 4.09. The highest BCUT2D eigenvalue weighted by Crippen LogP contribution is 2.23. The van der Waals surface area contributed by atoms with Crippen LogP contribution in [0.3, 0.4) is 0 Å². The first kappa shape index (κ1) is 15.9. The van der Waals surface area contributed by atoms with Crippen molar-refractivity contribution in [3.8, 4) is 0 Å². The lowest BCUT2D eigenvalue weighted by Gasteiger charge is -2.07. The van der Waals surface area contributed by atoms with Crippen molar-refractivity contribution < 1.29 is 12.8 Å². The highest BCUT2D eigenvalue weighted by molar-refractivity contribution is 7.89. The van der Waals surface area contributed by atoms with Crippen LogP contribution in [-0.4, -0.2) is 18.0 Å². The van der Waals surface area contributed by atoms with Gasteiger partial charge in [-0.1, -0.05) is 17.7 Å². The summed E-state index contributed by atoms with van der Waals surface area (Å²) in [5.74, 6) is -0.471. The van der Waals surface area contributed by atoms with Gasteiger partial charge in [0.25, 0.3) is 0 Å². The molecule has 2 aromatic heterocycles. The van der Waals surface area contributed by atoms with Gasteiger partial charge in [0.1, 0.15) is 16.4 Å². The van der Waals surface area contributed by atoms with Crippen molar-refractivity contribution in [1.29, 1.82) is 0 Å². The number of hydrogen-bond donors (Lipinski definition) is 1. The summed E-state index contributed by atoms with van der Waals surface area (Å²) in [5.41, 5.74) is 1.07. The smallest absolute Gasteiger partial charge is 0.243 e. The minimum atomic E-state index is -3.75. The Morgan fingerprint density at radius 1 is 1.35 bits per heavy atom. The van der Waals surface area contributed by atoms with E-state index in [4.69, 9.17) is 11.6 Å². The Morgan fingerprint density at radius 2 is 2.13 bits per heavy atom. The van der Waals surface area contributed by atoms with Crippen LogP contribution >= 0.6 is 11.6 Å². The second-order valence-electron chi connectivity index (χ2n) is 5.04. The van der Waals surface area contributed by atoms with Gasteiger partial charge in [-0.2, -0.15) is 0 Å². The van der Waals surface area contributed by atoms with Gasteiger partial charge in [-0.3, -0.25) is 0 Å². The van der Waals surface area contributed by atoms with E-state index in [1.165, 1.54) is 18.3 Å². The molecular formula is C15H13ClFN3O2S. The molecule has 2 heterocycles. The molecule has 3 aromatic rings. The molecule has 0 saturated heterocycles. The van der Waals surface area contributed by atoms with Crippen molar-refractivity contribution >= 4 is 32.7 Å².